The number of hydrogen-bond acceptors (Lipinski definition) is 2. The van der Waals surface area contributed by atoms with Gasteiger partial charge in [0.05, 0.1) is 16.6 Å². The zero-order valence-electron chi connectivity index (χ0n) is 16.4. The summed E-state index contributed by atoms with van der Waals surface area (Å²) in [5, 5.41) is 6.25. The lowest BCUT2D eigenvalue weighted by molar-refractivity contribution is -0.137. The van der Waals surface area contributed by atoms with Crippen molar-refractivity contribution in [2.24, 2.45) is 4.99 Å². The molecule has 0 aliphatic heterocycles. The molecule has 0 unspecified atom stereocenters. The van der Waals surface area contributed by atoms with Crippen LogP contribution in [0.3, 0.4) is 0 Å². The summed E-state index contributed by atoms with van der Waals surface area (Å²) in [6, 6.07) is 13.3. The molecule has 0 saturated heterocycles. The van der Waals surface area contributed by atoms with Gasteiger partial charge < -0.3 is 15.2 Å². The van der Waals surface area contributed by atoms with E-state index < -0.39 is 11.7 Å². The van der Waals surface area contributed by atoms with Crippen molar-refractivity contribution in [1.29, 1.82) is 0 Å². The molecule has 0 spiro atoms. The summed E-state index contributed by atoms with van der Waals surface area (Å²) in [4.78, 5) is 8.69. The van der Waals surface area contributed by atoms with Crippen LogP contribution in [0.25, 0.3) is 11.0 Å². The van der Waals surface area contributed by atoms with Crippen LogP contribution in [-0.2, 0) is 19.3 Å². The Balaban J connectivity index is 1.49. The van der Waals surface area contributed by atoms with Crippen molar-refractivity contribution in [2.45, 2.75) is 32.6 Å². The largest absolute Gasteiger partial charge is 0.416 e. The first-order chi connectivity index (χ1) is 13.9. The van der Waals surface area contributed by atoms with E-state index in [1.165, 1.54) is 6.07 Å². The summed E-state index contributed by atoms with van der Waals surface area (Å²) < 4.78 is 40.6. The summed E-state index contributed by atoms with van der Waals surface area (Å²) in [6.07, 6.45) is -3.49. The fourth-order valence-electron chi connectivity index (χ4n) is 3.19. The van der Waals surface area contributed by atoms with Gasteiger partial charge in [0.1, 0.15) is 5.82 Å². The third-order valence-corrected chi connectivity index (χ3v) is 4.63. The number of halogens is 3. The van der Waals surface area contributed by atoms with Gasteiger partial charge in [0, 0.05) is 26.7 Å². The first-order valence-corrected chi connectivity index (χ1v) is 9.41. The Morgan fingerprint density at radius 2 is 1.90 bits per heavy atom. The highest BCUT2D eigenvalue weighted by molar-refractivity contribution is 5.79. The van der Waals surface area contributed by atoms with Crippen LogP contribution in [0.1, 0.15) is 23.4 Å². The smallest absolute Gasteiger partial charge is 0.356 e. The number of hydrogen-bond donors (Lipinski definition) is 2. The Bertz CT molecular complexity index is 991. The number of rotatable bonds is 6. The van der Waals surface area contributed by atoms with Gasteiger partial charge in [0.2, 0.25) is 0 Å². The molecule has 0 fully saturated rings. The molecule has 0 radical (unpaired) electrons. The molecule has 1 aromatic heterocycles. The van der Waals surface area contributed by atoms with E-state index in [9.17, 15) is 13.2 Å². The first-order valence-electron chi connectivity index (χ1n) is 9.41. The molecule has 3 aromatic rings. The number of aromatic nitrogens is 2. The molecule has 0 aliphatic rings. The minimum Gasteiger partial charge on any atom is -0.356 e. The van der Waals surface area contributed by atoms with Gasteiger partial charge in [0.25, 0.3) is 0 Å². The number of fused-ring (bicyclic) bond motifs is 1. The molecule has 3 rings (SSSR count). The molecule has 2 N–H and O–H groups in total. The number of nitrogens with zero attached hydrogens (tertiary/aromatic N) is 3. The molecule has 5 nitrogen and oxygen atoms in total. The molecule has 1 heterocycles. The van der Waals surface area contributed by atoms with Gasteiger partial charge in [-0.1, -0.05) is 24.3 Å². The predicted octanol–water partition coefficient (Wildman–Crippen LogP) is 4.12. The van der Waals surface area contributed by atoms with Crippen molar-refractivity contribution in [3.63, 3.8) is 0 Å². The average molecular weight is 403 g/mol. The Morgan fingerprint density at radius 3 is 2.66 bits per heavy atom. The van der Waals surface area contributed by atoms with E-state index in [4.69, 9.17) is 0 Å². The Kier molecular flexibility index (Phi) is 6.41. The molecule has 0 atom stereocenters. The van der Waals surface area contributed by atoms with E-state index in [2.05, 4.69) is 31.2 Å². The summed E-state index contributed by atoms with van der Waals surface area (Å²) >= 11 is 0. The zero-order chi connectivity index (χ0) is 20.9. The lowest BCUT2D eigenvalue weighted by Gasteiger charge is -2.14. The van der Waals surface area contributed by atoms with Gasteiger partial charge >= 0.3 is 6.18 Å². The molecule has 154 valence electrons. The fraction of sp³-hybridized carbons (Fsp3) is 0.333. The van der Waals surface area contributed by atoms with Crippen molar-refractivity contribution in [3.05, 3.63) is 65.5 Å². The minimum atomic E-state index is -4.34. The maximum absolute atomic E-state index is 12.8. The van der Waals surface area contributed by atoms with E-state index in [0.29, 0.717) is 18.1 Å². The number of aliphatic imine (C=N–C) groups is 1. The number of guanidine groups is 1. The zero-order valence-corrected chi connectivity index (χ0v) is 16.4. The molecule has 0 aliphatic carbocycles. The van der Waals surface area contributed by atoms with Crippen LogP contribution >= 0.6 is 0 Å². The fourth-order valence-corrected chi connectivity index (χ4v) is 3.19. The maximum atomic E-state index is 12.8. The first kappa shape index (κ1) is 20.7. The highest BCUT2D eigenvalue weighted by Crippen LogP contribution is 2.29. The number of aryl methyl sites for hydroxylation is 2. The summed E-state index contributed by atoms with van der Waals surface area (Å²) in [5.41, 5.74) is 1.99. The second-order valence-corrected chi connectivity index (χ2v) is 6.70. The molecular formula is C21H24F3N5. The van der Waals surface area contributed by atoms with Crippen molar-refractivity contribution < 1.29 is 13.2 Å². The van der Waals surface area contributed by atoms with Gasteiger partial charge in [-0.15, -0.1) is 0 Å². The highest BCUT2D eigenvalue weighted by Gasteiger charge is 2.30. The molecular weight excluding hydrogens is 379 g/mol. The predicted molar refractivity (Wildman–Crippen MR) is 109 cm³/mol. The topological polar surface area (TPSA) is 54.2 Å². The number of alkyl halides is 3. The number of imidazole rings is 1. The molecule has 29 heavy (non-hydrogen) atoms. The monoisotopic (exact) mass is 403 g/mol. The highest BCUT2D eigenvalue weighted by atomic mass is 19.4. The standard InChI is InChI=1S/C21H24F3N5/c1-15-28-18-9-3-4-10-19(18)29(15)12-6-11-26-20(25-2)27-14-16-7-5-8-17(13-16)21(22,23)24/h3-5,7-10,13H,6,11-12,14H2,1-2H3,(H2,25,26,27). The quantitative estimate of drug-likeness (QED) is 0.370. The minimum absolute atomic E-state index is 0.259. The van der Waals surface area contributed by atoms with Gasteiger partial charge in [-0.05, 0) is 43.2 Å². The molecule has 2 aromatic carbocycles. The second kappa shape index (κ2) is 8.98. The normalized spacial score (nSPS) is 12.4. The van der Waals surface area contributed by atoms with Gasteiger partial charge in [-0.3, -0.25) is 4.99 Å². The molecule has 0 amide bonds. The van der Waals surface area contributed by atoms with Crippen molar-refractivity contribution in [2.75, 3.05) is 13.6 Å². The lowest BCUT2D eigenvalue weighted by Crippen LogP contribution is -2.37. The molecule has 0 bridgehead atoms. The third-order valence-electron chi connectivity index (χ3n) is 4.63. The van der Waals surface area contributed by atoms with Crippen LogP contribution < -0.4 is 10.6 Å². The van der Waals surface area contributed by atoms with Crippen LogP contribution in [-0.4, -0.2) is 29.1 Å². The van der Waals surface area contributed by atoms with E-state index >= 15 is 0 Å². The van der Waals surface area contributed by atoms with E-state index in [0.717, 1.165) is 42.0 Å². The SMILES string of the molecule is CN=C(NCCCn1c(C)nc2ccccc21)NCc1cccc(C(F)(F)F)c1. The van der Waals surface area contributed by atoms with Crippen LogP contribution in [0, 0.1) is 6.92 Å². The van der Waals surface area contributed by atoms with Crippen LogP contribution in [0.5, 0.6) is 0 Å². The maximum Gasteiger partial charge on any atom is 0.416 e. The van der Waals surface area contributed by atoms with Crippen LogP contribution in [0.2, 0.25) is 0 Å². The lowest BCUT2D eigenvalue weighted by atomic mass is 10.1. The number of para-hydroxylation sites is 2. The van der Waals surface area contributed by atoms with E-state index in [1.54, 1.807) is 13.1 Å². The van der Waals surface area contributed by atoms with Gasteiger partial charge in [-0.25, -0.2) is 4.98 Å². The van der Waals surface area contributed by atoms with Crippen LogP contribution in [0.4, 0.5) is 13.2 Å². The Morgan fingerprint density at radius 1 is 1.10 bits per heavy atom. The second-order valence-electron chi connectivity index (χ2n) is 6.70. The summed E-state index contributed by atoms with van der Waals surface area (Å²) in [6.45, 7) is 3.73. The van der Waals surface area contributed by atoms with Gasteiger partial charge in [-0.2, -0.15) is 13.2 Å². The van der Waals surface area contributed by atoms with E-state index in [-0.39, 0.29) is 6.54 Å². The average Bonchev–Trinajstić information content (AvgIpc) is 3.02. The van der Waals surface area contributed by atoms with Crippen molar-refractivity contribution >= 4 is 17.0 Å². The van der Waals surface area contributed by atoms with Crippen molar-refractivity contribution in [3.8, 4) is 0 Å². The molecule has 8 heteroatoms. The third kappa shape index (κ3) is 5.28. The summed E-state index contributed by atoms with van der Waals surface area (Å²) in [5.74, 6) is 1.52. The Hall–Kier alpha value is -3.03. The van der Waals surface area contributed by atoms with Crippen molar-refractivity contribution in [1.82, 2.24) is 20.2 Å². The van der Waals surface area contributed by atoms with E-state index in [1.807, 2.05) is 25.1 Å². The van der Waals surface area contributed by atoms with Crippen LogP contribution in [0.15, 0.2) is 53.5 Å². The summed E-state index contributed by atoms with van der Waals surface area (Å²) in [7, 11) is 1.63. The number of nitrogens with one attached hydrogen (secondary N) is 2. The Labute approximate surface area is 167 Å². The number of benzene rings is 2. The van der Waals surface area contributed by atoms with Gasteiger partial charge in [0.15, 0.2) is 5.96 Å². The molecule has 0 saturated carbocycles.